The highest BCUT2D eigenvalue weighted by atomic mass is 31.2. The Kier molecular flexibility index (Phi) is 35.4. The van der Waals surface area contributed by atoms with Crippen molar-refractivity contribution < 1.29 is 33.1 Å². The number of aliphatic hydroxyl groups excluding tert-OH is 1. The Bertz CT molecular complexity index is 815. The minimum Gasteiger partial charge on any atom is -0.490 e. The second kappa shape index (κ2) is 36.2. The number of rotatable bonds is 33. The van der Waals surface area contributed by atoms with E-state index in [4.69, 9.17) is 28.2 Å². The van der Waals surface area contributed by atoms with Crippen LogP contribution in [0, 0.1) is 10.1 Å². The van der Waals surface area contributed by atoms with E-state index < -0.39 is 8.38 Å². The molecule has 9 nitrogen and oxygen atoms in total. The molecule has 47 heavy (non-hydrogen) atoms. The van der Waals surface area contributed by atoms with Crippen molar-refractivity contribution in [2.75, 3.05) is 52.0 Å². The van der Waals surface area contributed by atoms with Crippen molar-refractivity contribution in [2.24, 2.45) is 0 Å². The summed E-state index contributed by atoms with van der Waals surface area (Å²) in [6.07, 6.45) is 24.2. The van der Waals surface area contributed by atoms with Crippen molar-refractivity contribution in [3.8, 4) is 11.5 Å². The van der Waals surface area contributed by atoms with Gasteiger partial charge in [-0.2, -0.15) is 0 Å². The zero-order valence-corrected chi connectivity index (χ0v) is 32.2. The molecular weight excluding hydrogens is 636 g/mol. The lowest BCUT2D eigenvalue weighted by Gasteiger charge is -2.15. The molecular formula is C36H69NO8P2. The van der Waals surface area contributed by atoms with Gasteiger partial charge in [-0.1, -0.05) is 89.9 Å². The van der Waals surface area contributed by atoms with Crippen LogP contribution in [0.4, 0.5) is 5.69 Å². The van der Waals surface area contributed by atoms with Crippen LogP contribution in [0.2, 0.25) is 0 Å². The number of nitrogens with zero attached hydrogens (tertiary/aromatic N) is 1. The van der Waals surface area contributed by atoms with Crippen LogP contribution >= 0.6 is 17.2 Å². The van der Waals surface area contributed by atoms with Crippen LogP contribution in [0.3, 0.4) is 0 Å². The topological polar surface area (TPSA) is 110 Å². The van der Waals surface area contributed by atoms with Gasteiger partial charge in [-0.05, 0) is 65.6 Å². The quantitative estimate of drug-likeness (QED) is 0.0333. The summed E-state index contributed by atoms with van der Waals surface area (Å²) in [5, 5.41) is 18.9. The average molecular weight is 706 g/mol. The molecule has 0 heterocycles. The molecule has 0 aliphatic heterocycles. The zero-order valence-electron chi connectivity index (χ0n) is 30.3. The Morgan fingerprint density at radius 2 is 1.11 bits per heavy atom. The maximum Gasteiger partial charge on any atom is 0.273 e. The van der Waals surface area contributed by atoms with Gasteiger partial charge >= 0.3 is 0 Å². The fourth-order valence-corrected chi connectivity index (χ4v) is 7.09. The van der Waals surface area contributed by atoms with Gasteiger partial charge in [0.2, 0.25) is 0 Å². The molecule has 1 rings (SSSR count). The summed E-state index contributed by atoms with van der Waals surface area (Å²) in [6.45, 7) is 11.5. The van der Waals surface area contributed by atoms with Crippen LogP contribution in [-0.4, -0.2) is 62.0 Å². The average Bonchev–Trinajstić information content (AvgIpc) is 3.06. The number of unbranched alkanes of at least 4 members (excludes halogenated alkanes) is 16. The molecule has 0 radical (unpaired) electrons. The van der Waals surface area contributed by atoms with E-state index in [2.05, 4.69) is 6.92 Å². The molecule has 0 amide bonds. The number of benzene rings is 1. The predicted molar refractivity (Wildman–Crippen MR) is 200 cm³/mol. The lowest BCUT2D eigenvalue weighted by Crippen LogP contribution is -2.03. The van der Waals surface area contributed by atoms with E-state index in [9.17, 15) is 10.1 Å². The van der Waals surface area contributed by atoms with Crippen LogP contribution < -0.4 is 9.47 Å². The fourth-order valence-electron chi connectivity index (χ4n) is 4.95. The standard InChI is InChI=1S/C34H63NO7P2.C2H6O/c1-4-40-43-29-23-19-15-11-7-9-13-17-21-27-38-33-26-25-32(35(36)37)31-34(33)39-28-22-18-14-10-8-12-16-20-24-30-44(41-5-2)42-6-3;1-2-3/h25-26,31,43H,4-24,27-30H2,1-3H3;3H,2H2,1H3. The first-order valence-corrected chi connectivity index (χ1v) is 21.0. The molecule has 0 bridgehead atoms. The van der Waals surface area contributed by atoms with Gasteiger partial charge in [0.05, 0.1) is 37.4 Å². The van der Waals surface area contributed by atoms with E-state index in [0.717, 1.165) is 51.7 Å². The maximum atomic E-state index is 11.3. The molecule has 0 aliphatic carbocycles. The number of nitro benzene ring substituents is 1. The summed E-state index contributed by atoms with van der Waals surface area (Å²) in [6, 6.07) is 4.67. The molecule has 0 aliphatic rings. The van der Waals surface area contributed by atoms with Crippen LogP contribution in [0.25, 0.3) is 0 Å². The summed E-state index contributed by atoms with van der Waals surface area (Å²) in [5.74, 6) is 1.09. The summed E-state index contributed by atoms with van der Waals surface area (Å²) in [7, 11) is -0.0133. The van der Waals surface area contributed by atoms with Gasteiger partial charge < -0.3 is 28.2 Å². The molecule has 0 saturated heterocycles. The van der Waals surface area contributed by atoms with Crippen molar-refractivity contribution in [3.63, 3.8) is 0 Å². The molecule has 0 saturated carbocycles. The van der Waals surface area contributed by atoms with E-state index >= 15 is 0 Å². The minimum atomic E-state index is -0.687. The zero-order chi connectivity index (χ0) is 34.6. The number of non-ortho nitro benzene ring substituents is 1. The van der Waals surface area contributed by atoms with E-state index in [-0.39, 0.29) is 17.2 Å². The predicted octanol–water partition coefficient (Wildman–Crippen LogP) is 11.4. The number of hydrogen-bond donors (Lipinski definition) is 1. The molecule has 0 spiro atoms. The molecule has 11 heteroatoms. The highest BCUT2D eigenvalue weighted by molar-refractivity contribution is 7.47. The van der Waals surface area contributed by atoms with Gasteiger partial charge in [0.15, 0.2) is 19.9 Å². The highest BCUT2D eigenvalue weighted by Gasteiger charge is 2.13. The van der Waals surface area contributed by atoms with Crippen LogP contribution in [-0.2, 0) is 13.6 Å². The van der Waals surface area contributed by atoms with E-state index in [1.165, 1.54) is 108 Å². The highest BCUT2D eigenvalue weighted by Crippen LogP contribution is 2.39. The third-order valence-electron chi connectivity index (χ3n) is 7.35. The number of ether oxygens (including phenoxy) is 2. The number of aliphatic hydroxyl groups is 1. The van der Waals surface area contributed by atoms with Crippen molar-refractivity contribution in [3.05, 3.63) is 28.3 Å². The first-order valence-electron chi connectivity index (χ1n) is 18.6. The molecule has 1 aromatic carbocycles. The lowest BCUT2D eigenvalue weighted by molar-refractivity contribution is -0.385. The van der Waals surface area contributed by atoms with Gasteiger partial charge in [-0.25, -0.2) is 0 Å². The molecule has 0 aromatic heterocycles. The van der Waals surface area contributed by atoms with E-state index in [1.54, 1.807) is 13.0 Å². The Labute approximate surface area is 290 Å². The maximum absolute atomic E-state index is 11.3. The van der Waals surface area contributed by atoms with Crippen LogP contribution in [0.15, 0.2) is 18.2 Å². The second-order valence-corrected chi connectivity index (χ2v) is 14.2. The third kappa shape index (κ3) is 29.5. The first kappa shape index (κ1) is 45.9. The molecule has 1 aromatic rings. The molecule has 1 atom stereocenters. The van der Waals surface area contributed by atoms with Gasteiger partial charge in [0.1, 0.15) is 0 Å². The SMILES string of the molecule is CCO.CCOPCCCCCCCCCCCOc1ccc([N+](=O)[O-])cc1OCCCCCCCCCCCP(OCC)OCC. The molecule has 276 valence electrons. The monoisotopic (exact) mass is 705 g/mol. The Morgan fingerprint density at radius 1 is 0.660 bits per heavy atom. The van der Waals surface area contributed by atoms with Crippen molar-refractivity contribution in [1.82, 2.24) is 0 Å². The lowest BCUT2D eigenvalue weighted by atomic mass is 10.1. The van der Waals surface area contributed by atoms with Gasteiger partial charge in [0.25, 0.3) is 5.69 Å². The Balaban J connectivity index is 0.00000677. The van der Waals surface area contributed by atoms with Crippen molar-refractivity contribution >= 4 is 22.9 Å². The van der Waals surface area contributed by atoms with Crippen molar-refractivity contribution in [2.45, 2.75) is 143 Å². The first-order chi connectivity index (χ1) is 23.0. The van der Waals surface area contributed by atoms with Gasteiger partial charge in [-0.3, -0.25) is 10.1 Å². The minimum absolute atomic E-state index is 0.0365. The fraction of sp³-hybridized carbons (Fsp3) is 0.833. The Hall–Kier alpha value is -1.08. The molecule has 1 unspecified atom stereocenters. The second-order valence-electron chi connectivity index (χ2n) is 11.5. The smallest absolute Gasteiger partial charge is 0.273 e. The van der Waals surface area contributed by atoms with Crippen molar-refractivity contribution in [1.29, 1.82) is 0 Å². The summed E-state index contributed by atoms with van der Waals surface area (Å²) < 4.78 is 28.7. The summed E-state index contributed by atoms with van der Waals surface area (Å²) >= 11 is 0. The van der Waals surface area contributed by atoms with Crippen LogP contribution in [0.1, 0.15) is 143 Å². The van der Waals surface area contributed by atoms with E-state index in [0.29, 0.717) is 33.5 Å². The normalized spacial score (nSPS) is 11.3. The molecule has 0 fully saturated rings. The third-order valence-corrected chi connectivity index (χ3v) is 10.2. The number of nitro groups is 1. The van der Waals surface area contributed by atoms with Gasteiger partial charge in [0, 0.05) is 34.2 Å². The summed E-state index contributed by atoms with van der Waals surface area (Å²) in [4.78, 5) is 10.9. The van der Waals surface area contributed by atoms with Gasteiger partial charge in [-0.15, -0.1) is 0 Å². The largest absolute Gasteiger partial charge is 0.490 e. The van der Waals surface area contributed by atoms with E-state index in [1.807, 2.05) is 13.8 Å². The number of hydrogen-bond acceptors (Lipinski definition) is 8. The summed E-state index contributed by atoms with van der Waals surface area (Å²) in [5.41, 5.74) is 0.0365. The van der Waals surface area contributed by atoms with Crippen LogP contribution in [0.5, 0.6) is 11.5 Å². The Morgan fingerprint density at radius 3 is 1.57 bits per heavy atom. The molecule has 1 N–H and O–H groups in total.